The van der Waals surface area contributed by atoms with E-state index in [0.29, 0.717) is 5.57 Å². The first-order valence-corrected chi connectivity index (χ1v) is 6.85. The van der Waals surface area contributed by atoms with Crippen LogP contribution < -0.4 is 0 Å². The smallest absolute Gasteiger partial charge is 0.337 e. The van der Waals surface area contributed by atoms with Gasteiger partial charge in [-0.25, -0.2) is 4.79 Å². The fourth-order valence-electron chi connectivity index (χ4n) is 3.03. The first kappa shape index (κ1) is 12.0. The third-order valence-corrected chi connectivity index (χ3v) is 4.04. The Labute approximate surface area is 122 Å². The minimum atomic E-state index is -0.904. The zero-order valence-electron chi connectivity index (χ0n) is 11.2. The van der Waals surface area contributed by atoms with Crippen molar-refractivity contribution in [1.29, 1.82) is 0 Å². The summed E-state index contributed by atoms with van der Waals surface area (Å²) in [4.78, 5) is 13.1. The lowest BCUT2D eigenvalue weighted by Gasteiger charge is -2.23. The molecule has 0 bridgehead atoms. The van der Waals surface area contributed by atoms with Crippen molar-refractivity contribution >= 4 is 12.0 Å². The van der Waals surface area contributed by atoms with Crippen molar-refractivity contribution < 1.29 is 9.90 Å². The van der Waals surface area contributed by atoms with Crippen LogP contribution in [-0.4, -0.2) is 16.0 Å². The molecule has 21 heavy (non-hydrogen) atoms. The molecule has 2 aliphatic heterocycles. The summed E-state index contributed by atoms with van der Waals surface area (Å²) in [5.41, 5.74) is 4.88. The van der Waals surface area contributed by atoms with Crippen molar-refractivity contribution in [3.63, 3.8) is 0 Å². The fourth-order valence-corrected chi connectivity index (χ4v) is 3.03. The number of carboxylic acids is 1. The summed E-state index contributed by atoms with van der Waals surface area (Å²) in [6.07, 6.45) is 13.6. The summed E-state index contributed by atoms with van der Waals surface area (Å²) in [5, 5.41) is 9.17. The predicted molar refractivity (Wildman–Crippen MR) is 81.1 cm³/mol. The minimum Gasteiger partial charge on any atom is -0.478 e. The highest BCUT2D eigenvalue weighted by Gasteiger charge is 2.31. The maximum absolute atomic E-state index is 11.2. The van der Waals surface area contributed by atoms with Gasteiger partial charge >= 0.3 is 5.97 Å². The monoisotopic (exact) mass is 275 g/mol. The maximum atomic E-state index is 11.2. The van der Waals surface area contributed by atoms with Crippen LogP contribution in [0.5, 0.6) is 0 Å². The Hall–Kier alpha value is -2.81. The summed E-state index contributed by atoms with van der Waals surface area (Å²) >= 11 is 0. The second kappa shape index (κ2) is 4.35. The van der Waals surface area contributed by atoms with Gasteiger partial charge in [-0.15, -0.1) is 0 Å². The van der Waals surface area contributed by atoms with Gasteiger partial charge in [0.15, 0.2) is 0 Å². The number of nitrogens with zero attached hydrogens (tertiary/aromatic N) is 1. The van der Waals surface area contributed by atoms with E-state index in [9.17, 15) is 4.79 Å². The molecule has 0 fully saturated rings. The third-order valence-electron chi connectivity index (χ3n) is 4.04. The average Bonchev–Trinajstić information content (AvgIpc) is 2.75. The summed E-state index contributed by atoms with van der Waals surface area (Å²) in [6.45, 7) is 0. The van der Waals surface area contributed by atoms with Crippen LogP contribution in [0.1, 0.15) is 17.0 Å². The Morgan fingerprint density at radius 3 is 2.86 bits per heavy atom. The van der Waals surface area contributed by atoms with Gasteiger partial charge < -0.3 is 10.0 Å². The lowest BCUT2D eigenvalue weighted by Crippen LogP contribution is -2.17. The molecule has 102 valence electrons. The molecule has 2 heterocycles. The molecule has 0 radical (unpaired) electrons. The summed E-state index contributed by atoms with van der Waals surface area (Å²) in [6, 6.07) is 8.31. The zero-order valence-corrected chi connectivity index (χ0v) is 11.2. The van der Waals surface area contributed by atoms with E-state index in [-0.39, 0.29) is 5.92 Å². The number of carbonyl (C=O) groups is 1. The molecule has 3 heteroatoms. The summed E-state index contributed by atoms with van der Waals surface area (Å²) in [7, 11) is 0. The summed E-state index contributed by atoms with van der Waals surface area (Å²) < 4.78 is 0. The topological polar surface area (TPSA) is 40.5 Å². The molecule has 0 saturated heterocycles. The van der Waals surface area contributed by atoms with Crippen LogP contribution >= 0.6 is 0 Å². The Morgan fingerprint density at radius 1 is 1.14 bits per heavy atom. The first-order valence-electron chi connectivity index (χ1n) is 6.85. The second-order valence-corrected chi connectivity index (χ2v) is 5.24. The highest BCUT2D eigenvalue weighted by Crippen LogP contribution is 2.43. The molecule has 1 N–H and O–H groups in total. The number of aliphatic carboxylic acids is 1. The van der Waals surface area contributed by atoms with E-state index >= 15 is 0 Å². The molecule has 1 aromatic rings. The number of fused-ring (bicyclic) bond motifs is 5. The Kier molecular flexibility index (Phi) is 2.48. The quantitative estimate of drug-likeness (QED) is 0.853. The maximum Gasteiger partial charge on any atom is 0.337 e. The van der Waals surface area contributed by atoms with Crippen molar-refractivity contribution in [3.05, 3.63) is 88.9 Å². The van der Waals surface area contributed by atoms with Gasteiger partial charge in [-0.3, -0.25) is 0 Å². The Bertz CT molecular complexity index is 793. The van der Waals surface area contributed by atoms with Gasteiger partial charge in [0.05, 0.1) is 5.57 Å². The van der Waals surface area contributed by atoms with E-state index in [1.165, 1.54) is 11.1 Å². The van der Waals surface area contributed by atoms with Gasteiger partial charge in [-0.05, 0) is 35.4 Å². The highest BCUT2D eigenvalue weighted by molar-refractivity contribution is 5.90. The number of rotatable bonds is 1. The molecule has 0 amide bonds. The van der Waals surface area contributed by atoms with Gasteiger partial charge in [0.2, 0.25) is 0 Å². The summed E-state index contributed by atoms with van der Waals surface area (Å²) in [5.74, 6) is -0.737. The molecule has 0 spiro atoms. The molecule has 1 unspecified atom stereocenters. The SMILES string of the molecule is O=C(O)C1=CN2C(=CC3C2=CC=Cc2ccccc23)C=C1. The standard InChI is InChI=1S/C18H13NO2/c20-18(21)13-8-9-14-10-16-15-6-2-1-4-12(15)5-3-7-17(16)19(14)11-13/h1-11,16H,(H,20,21). The molecular formula is C18H13NO2. The molecular weight excluding hydrogens is 262 g/mol. The van der Waals surface area contributed by atoms with Gasteiger partial charge in [0, 0.05) is 23.5 Å². The molecule has 1 aliphatic carbocycles. The van der Waals surface area contributed by atoms with E-state index in [2.05, 4.69) is 30.4 Å². The highest BCUT2D eigenvalue weighted by atomic mass is 16.4. The fraction of sp³-hybridized carbons (Fsp3) is 0.0556. The van der Waals surface area contributed by atoms with E-state index < -0.39 is 5.97 Å². The van der Waals surface area contributed by atoms with E-state index in [0.717, 1.165) is 11.4 Å². The second-order valence-electron chi connectivity index (χ2n) is 5.24. The number of hydrogen-bond donors (Lipinski definition) is 1. The van der Waals surface area contributed by atoms with Gasteiger partial charge in [-0.1, -0.05) is 36.4 Å². The molecule has 0 saturated carbocycles. The van der Waals surface area contributed by atoms with E-state index in [1.54, 1.807) is 12.3 Å². The van der Waals surface area contributed by atoms with Gasteiger partial charge in [0.25, 0.3) is 0 Å². The molecule has 1 atom stereocenters. The van der Waals surface area contributed by atoms with Crippen molar-refractivity contribution in [1.82, 2.24) is 4.90 Å². The van der Waals surface area contributed by atoms with Crippen molar-refractivity contribution in [2.75, 3.05) is 0 Å². The molecule has 3 aliphatic rings. The molecule has 1 aromatic carbocycles. The number of hydrogen-bond acceptors (Lipinski definition) is 2. The molecule has 0 aromatic heterocycles. The Morgan fingerprint density at radius 2 is 2.00 bits per heavy atom. The van der Waals surface area contributed by atoms with Gasteiger partial charge in [0.1, 0.15) is 0 Å². The largest absolute Gasteiger partial charge is 0.478 e. The van der Waals surface area contributed by atoms with Crippen molar-refractivity contribution in [3.8, 4) is 0 Å². The van der Waals surface area contributed by atoms with Crippen molar-refractivity contribution in [2.45, 2.75) is 5.92 Å². The van der Waals surface area contributed by atoms with Crippen LogP contribution in [0.4, 0.5) is 0 Å². The van der Waals surface area contributed by atoms with Crippen LogP contribution in [0.3, 0.4) is 0 Å². The Balaban J connectivity index is 1.84. The van der Waals surface area contributed by atoms with Crippen LogP contribution in [-0.2, 0) is 4.79 Å². The number of benzene rings is 1. The first-order chi connectivity index (χ1) is 10.2. The number of allylic oxidation sites excluding steroid dienone is 4. The minimum absolute atomic E-state index is 0.167. The van der Waals surface area contributed by atoms with Crippen LogP contribution in [0.25, 0.3) is 6.08 Å². The molecule has 4 rings (SSSR count). The zero-order chi connectivity index (χ0) is 14.4. The van der Waals surface area contributed by atoms with Crippen LogP contribution in [0.2, 0.25) is 0 Å². The van der Waals surface area contributed by atoms with Crippen LogP contribution in [0.15, 0.2) is 77.8 Å². The van der Waals surface area contributed by atoms with E-state index in [1.807, 2.05) is 29.2 Å². The molecule has 3 nitrogen and oxygen atoms in total. The third kappa shape index (κ3) is 1.78. The normalized spacial score (nSPS) is 21.6. The van der Waals surface area contributed by atoms with Gasteiger partial charge in [-0.2, -0.15) is 0 Å². The lowest BCUT2D eigenvalue weighted by atomic mass is 9.93. The van der Waals surface area contributed by atoms with Crippen LogP contribution in [0, 0.1) is 0 Å². The average molecular weight is 275 g/mol. The number of carboxylic acid groups (broad SMARTS) is 1. The van der Waals surface area contributed by atoms with E-state index in [4.69, 9.17) is 5.11 Å². The predicted octanol–water partition coefficient (Wildman–Crippen LogP) is 3.42. The lowest BCUT2D eigenvalue weighted by molar-refractivity contribution is -0.132. The van der Waals surface area contributed by atoms with Crippen molar-refractivity contribution in [2.24, 2.45) is 0 Å².